The minimum Gasteiger partial charge on any atom is -0.390 e. The predicted octanol–water partition coefficient (Wildman–Crippen LogP) is 7.14. The number of pyridine rings is 1. The van der Waals surface area contributed by atoms with Crippen molar-refractivity contribution in [2.75, 3.05) is 6.61 Å². The van der Waals surface area contributed by atoms with Crippen molar-refractivity contribution in [1.82, 2.24) is 0 Å². The van der Waals surface area contributed by atoms with Crippen LogP contribution in [0.2, 0.25) is 0 Å². The zero-order valence-electron chi connectivity index (χ0n) is 20.7. The highest BCUT2D eigenvalue weighted by atomic mass is 16.3. The Morgan fingerprint density at radius 1 is 0.486 bits per heavy atom. The van der Waals surface area contributed by atoms with E-state index in [9.17, 15) is 0 Å². The Morgan fingerprint density at radius 2 is 0.865 bits per heavy atom. The molecule has 0 unspecified atom stereocenters. The second-order valence-electron chi connectivity index (χ2n) is 8.90. The maximum atomic E-state index is 9.10. The SMILES string of the molecule is OCC[n+]1ccc(/C=C/c2ccc(C(=C(c3ccccc3)c3ccccc3)c3ccccc3)cc2)cc1. The van der Waals surface area contributed by atoms with Crippen molar-refractivity contribution in [3.63, 3.8) is 0 Å². The van der Waals surface area contributed by atoms with E-state index in [1.807, 2.05) is 17.0 Å². The number of nitrogens with zero attached hydrogens (tertiary/aromatic N) is 1. The van der Waals surface area contributed by atoms with Crippen LogP contribution in [0.25, 0.3) is 23.3 Å². The first kappa shape index (κ1) is 24.2. The van der Waals surface area contributed by atoms with Crippen LogP contribution in [-0.4, -0.2) is 11.7 Å². The van der Waals surface area contributed by atoms with Crippen molar-refractivity contribution in [2.45, 2.75) is 6.54 Å². The summed E-state index contributed by atoms with van der Waals surface area (Å²) in [6, 6.07) is 44.8. The van der Waals surface area contributed by atoms with Crippen molar-refractivity contribution >= 4 is 23.3 Å². The van der Waals surface area contributed by atoms with E-state index in [0.29, 0.717) is 6.54 Å². The number of rotatable bonds is 8. The highest BCUT2D eigenvalue weighted by Gasteiger charge is 2.15. The molecule has 0 bridgehead atoms. The molecule has 0 spiro atoms. The minimum absolute atomic E-state index is 0.141. The maximum Gasteiger partial charge on any atom is 0.171 e. The Balaban J connectivity index is 1.56. The van der Waals surface area contributed by atoms with Crippen molar-refractivity contribution < 1.29 is 9.67 Å². The highest BCUT2D eigenvalue weighted by molar-refractivity contribution is 6.04. The molecule has 0 radical (unpaired) electrons. The normalized spacial score (nSPS) is 10.9. The summed E-state index contributed by atoms with van der Waals surface area (Å²) in [5.41, 5.74) is 9.45. The first-order chi connectivity index (χ1) is 18.3. The molecule has 0 aliphatic rings. The van der Waals surface area contributed by atoms with Crippen LogP contribution in [0, 0.1) is 0 Å². The molecule has 0 aliphatic carbocycles. The summed E-state index contributed by atoms with van der Waals surface area (Å²) in [5, 5.41) is 9.10. The van der Waals surface area contributed by atoms with E-state index in [1.54, 1.807) is 0 Å². The Kier molecular flexibility index (Phi) is 7.80. The molecule has 0 aliphatic heterocycles. The summed E-state index contributed by atoms with van der Waals surface area (Å²) >= 11 is 0. The van der Waals surface area contributed by atoms with Gasteiger partial charge in [-0.25, -0.2) is 4.57 Å². The molecule has 0 fully saturated rings. The summed E-state index contributed by atoms with van der Waals surface area (Å²) < 4.78 is 1.97. The third kappa shape index (κ3) is 6.00. The molecular formula is C35H30NO+. The van der Waals surface area contributed by atoms with Crippen molar-refractivity contribution in [3.05, 3.63) is 173 Å². The second-order valence-corrected chi connectivity index (χ2v) is 8.90. The second kappa shape index (κ2) is 11.9. The molecule has 180 valence electrons. The summed E-state index contributed by atoms with van der Waals surface area (Å²) in [6.45, 7) is 0.749. The van der Waals surface area contributed by atoms with E-state index in [1.165, 1.54) is 33.4 Å². The largest absolute Gasteiger partial charge is 0.390 e. The van der Waals surface area contributed by atoms with Crippen LogP contribution < -0.4 is 4.57 Å². The molecule has 4 aromatic carbocycles. The number of aromatic nitrogens is 1. The molecule has 5 aromatic rings. The molecule has 2 nitrogen and oxygen atoms in total. The third-order valence-corrected chi connectivity index (χ3v) is 6.38. The fourth-order valence-corrected chi connectivity index (χ4v) is 4.52. The van der Waals surface area contributed by atoms with E-state index in [4.69, 9.17) is 5.11 Å². The Bertz CT molecular complexity index is 1430. The fourth-order valence-electron chi connectivity index (χ4n) is 4.52. The molecular weight excluding hydrogens is 450 g/mol. The van der Waals surface area contributed by atoms with Crippen LogP contribution >= 0.6 is 0 Å². The van der Waals surface area contributed by atoms with E-state index < -0.39 is 0 Å². The van der Waals surface area contributed by atoms with Gasteiger partial charge in [0.2, 0.25) is 0 Å². The summed E-state index contributed by atoms with van der Waals surface area (Å²) in [7, 11) is 0. The lowest BCUT2D eigenvalue weighted by atomic mass is 9.85. The third-order valence-electron chi connectivity index (χ3n) is 6.38. The fraction of sp³-hybridized carbons (Fsp3) is 0.0571. The van der Waals surface area contributed by atoms with Crippen molar-refractivity contribution in [3.8, 4) is 0 Å². The molecule has 0 saturated heterocycles. The van der Waals surface area contributed by atoms with Crippen LogP contribution in [0.5, 0.6) is 0 Å². The highest BCUT2D eigenvalue weighted by Crippen LogP contribution is 2.36. The van der Waals surface area contributed by atoms with Gasteiger partial charge in [0, 0.05) is 12.1 Å². The summed E-state index contributed by atoms with van der Waals surface area (Å²) in [5.74, 6) is 0. The van der Waals surface area contributed by atoms with Gasteiger partial charge in [-0.1, -0.05) is 127 Å². The molecule has 0 amide bonds. The first-order valence-corrected chi connectivity index (χ1v) is 12.6. The molecule has 2 heteroatoms. The van der Waals surface area contributed by atoms with Gasteiger partial charge in [0.05, 0.1) is 0 Å². The van der Waals surface area contributed by atoms with Crippen LogP contribution in [-0.2, 0) is 6.54 Å². The number of benzene rings is 4. The number of hydrogen-bond acceptors (Lipinski definition) is 1. The maximum absolute atomic E-state index is 9.10. The van der Waals surface area contributed by atoms with Gasteiger partial charge in [-0.3, -0.25) is 0 Å². The molecule has 37 heavy (non-hydrogen) atoms. The van der Waals surface area contributed by atoms with Gasteiger partial charge in [-0.2, -0.15) is 0 Å². The van der Waals surface area contributed by atoms with Crippen molar-refractivity contribution in [1.29, 1.82) is 0 Å². The molecule has 0 saturated carbocycles. The zero-order valence-corrected chi connectivity index (χ0v) is 20.7. The van der Waals surface area contributed by atoms with Crippen molar-refractivity contribution in [2.24, 2.45) is 0 Å². The van der Waals surface area contributed by atoms with E-state index in [2.05, 4.69) is 140 Å². The number of hydrogen-bond donors (Lipinski definition) is 1. The van der Waals surface area contributed by atoms with E-state index in [0.717, 1.165) is 11.1 Å². The van der Waals surface area contributed by atoms with Gasteiger partial charge in [0.15, 0.2) is 18.9 Å². The lowest BCUT2D eigenvalue weighted by Gasteiger charge is -2.18. The average molecular weight is 481 g/mol. The standard InChI is InChI=1S/C35H30NO/c37-27-26-36-24-22-29(23-25-36)17-16-28-18-20-33(21-19-28)35(32-14-8-3-9-15-32)34(30-10-4-1-5-11-30)31-12-6-2-7-13-31/h1-25,37H,26-27H2/q+1/b17-16+. The molecule has 0 atom stereocenters. The van der Waals surface area contributed by atoms with Crippen LogP contribution in [0.1, 0.15) is 33.4 Å². The Hall–Kier alpha value is -4.53. The Labute approximate surface area is 219 Å². The number of aliphatic hydroxyl groups excluding tert-OH is 1. The quantitative estimate of drug-likeness (QED) is 0.185. The van der Waals surface area contributed by atoms with Gasteiger partial charge in [0.1, 0.15) is 6.61 Å². The first-order valence-electron chi connectivity index (χ1n) is 12.6. The van der Waals surface area contributed by atoms with Gasteiger partial charge < -0.3 is 5.11 Å². The van der Waals surface area contributed by atoms with Crippen LogP contribution in [0.15, 0.2) is 140 Å². The van der Waals surface area contributed by atoms with Gasteiger partial charge in [-0.05, 0) is 44.5 Å². The summed E-state index contributed by atoms with van der Waals surface area (Å²) in [6.07, 6.45) is 8.23. The molecule has 1 aromatic heterocycles. The number of aliphatic hydroxyl groups is 1. The smallest absolute Gasteiger partial charge is 0.171 e. The van der Waals surface area contributed by atoms with Gasteiger partial charge in [0.25, 0.3) is 0 Å². The average Bonchev–Trinajstić information content (AvgIpc) is 2.97. The Morgan fingerprint density at radius 3 is 1.27 bits per heavy atom. The van der Waals surface area contributed by atoms with E-state index in [-0.39, 0.29) is 6.61 Å². The predicted molar refractivity (Wildman–Crippen MR) is 153 cm³/mol. The molecule has 1 N–H and O–H groups in total. The lowest BCUT2D eigenvalue weighted by Crippen LogP contribution is -2.34. The minimum atomic E-state index is 0.141. The van der Waals surface area contributed by atoms with Gasteiger partial charge >= 0.3 is 0 Å². The molecule has 5 rings (SSSR count). The monoisotopic (exact) mass is 480 g/mol. The summed E-state index contributed by atoms with van der Waals surface area (Å²) in [4.78, 5) is 0. The van der Waals surface area contributed by atoms with E-state index >= 15 is 0 Å². The lowest BCUT2D eigenvalue weighted by molar-refractivity contribution is -0.698. The van der Waals surface area contributed by atoms with Gasteiger partial charge in [-0.15, -0.1) is 0 Å². The topological polar surface area (TPSA) is 24.1 Å². The van der Waals surface area contributed by atoms with Crippen LogP contribution in [0.3, 0.4) is 0 Å². The van der Waals surface area contributed by atoms with Crippen LogP contribution in [0.4, 0.5) is 0 Å². The zero-order chi connectivity index (χ0) is 25.3. The molecule has 1 heterocycles.